The first kappa shape index (κ1) is 11.9. The average Bonchev–Trinajstić information content (AvgIpc) is 2.74. The highest BCUT2D eigenvalue weighted by Crippen LogP contribution is 2.23. The number of benzene rings is 1. The van der Waals surface area contributed by atoms with Crippen molar-refractivity contribution in [1.29, 1.82) is 0 Å². The van der Waals surface area contributed by atoms with Crippen LogP contribution in [0, 0.1) is 5.82 Å². The quantitative estimate of drug-likeness (QED) is 0.867. The second kappa shape index (κ2) is 4.86. The Bertz CT molecular complexity index is 418. The maximum absolute atomic E-state index is 13.2. The standard InChI is InChI=1S/C14H19FN2O/c15-12-6-11(7-14(18)8-12)9-16-4-5-17-3-1-2-13(17)10-16/h6-8,13,18H,1-5,9-10H2. The number of rotatable bonds is 2. The smallest absolute Gasteiger partial charge is 0.127 e. The number of piperazine rings is 1. The molecule has 1 aromatic carbocycles. The van der Waals surface area contributed by atoms with Crippen LogP contribution in [0.2, 0.25) is 0 Å². The third-order valence-corrected chi connectivity index (χ3v) is 4.02. The molecule has 18 heavy (non-hydrogen) atoms. The molecule has 4 heteroatoms. The zero-order valence-electron chi connectivity index (χ0n) is 10.5. The van der Waals surface area contributed by atoms with Crippen molar-refractivity contribution in [3.8, 4) is 5.75 Å². The molecule has 0 aliphatic carbocycles. The van der Waals surface area contributed by atoms with Crippen LogP contribution >= 0.6 is 0 Å². The minimum Gasteiger partial charge on any atom is -0.508 e. The summed E-state index contributed by atoms with van der Waals surface area (Å²) in [5.74, 6) is -0.339. The molecular weight excluding hydrogens is 231 g/mol. The van der Waals surface area contributed by atoms with Gasteiger partial charge < -0.3 is 5.11 Å². The molecule has 0 bridgehead atoms. The average molecular weight is 250 g/mol. The fourth-order valence-corrected chi connectivity index (χ4v) is 3.18. The molecule has 0 saturated carbocycles. The van der Waals surface area contributed by atoms with Gasteiger partial charge in [-0.25, -0.2) is 4.39 Å². The molecule has 2 saturated heterocycles. The highest BCUT2D eigenvalue weighted by Gasteiger charge is 2.30. The van der Waals surface area contributed by atoms with Crippen molar-refractivity contribution in [3.63, 3.8) is 0 Å². The summed E-state index contributed by atoms with van der Waals surface area (Å²) >= 11 is 0. The van der Waals surface area contributed by atoms with E-state index < -0.39 is 0 Å². The second-order valence-electron chi connectivity index (χ2n) is 5.38. The van der Waals surface area contributed by atoms with Gasteiger partial charge in [-0.1, -0.05) is 0 Å². The van der Waals surface area contributed by atoms with E-state index in [4.69, 9.17) is 0 Å². The van der Waals surface area contributed by atoms with Crippen molar-refractivity contribution in [2.24, 2.45) is 0 Å². The predicted molar refractivity (Wildman–Crippen MR) is 67.9 cm³/mol. The van der Waals surface area contributed by atoms with Gasteiger partial charge in [0, 0.05) is 38.3 Å². The van der Waals surface area contributed by atoms with Gasteiger partial charge in [0.15, 0.2) is 0 Å². The Labute approximate surface area is 107 Å². The summed E-state index contributed by atoms with van der Waals surface area (Å²) < 4.78 is 13.2. The van der Waals surface area contributed by atoms with Crippen molar-refractivity contribution in [2.45, 2.75) is 25.4 Å². The normalized spacial score (nSPS) is 25.3. The molecule has 1 unspecified atom stereocenters. The molecule has 1 atom stereocenters. The van der Waals surface area contributed by atoms with E-state index in [2.05, 4.69) is 9.80 Å². The van der Waals surface area contributed by atoms with Crippen LogP contribution in [0.1, 0.15) is 18.4 Å². The topological polar surface area (TPSA) is 26.7 Å². The molecule has 0 spiro atoms. The Hall–Kier alpha value is -1.13. The summed E-state index contributed by atoms with van der Waals surface area (Å²) in [6.45, 7) is 5.19. The van der Waals surface area contributed by atoms with Gasteiger partial charge in [0.2, 0.25) is 0 Å². The number of hydrogen-bond donors (Lipinski definition) is 1. The molecule has 3 rings (SSSR count). The van der Waals surface area contributed by atoms with Crippen molar-refractivity contribution in [1.82, 2.24) is 9.80 Å². The Balaban J connectivity index is 1.65. The first-order valence-electron chi connectivity index (χ1n) is 6.65. The van der Waals surface area contributed by atoms with Crippen LogP contribution in [-0.4, -0.2) is 47.1 Å². The number of aromatic hydroxyl groups is 1. The van der Waals surface area contributed by atoms with Gasteiger partial charge >= 0.3 is 0 Å². The Morgan fingerprint density at radius 2 is 2.11 bits per heavy atom. The predicted octanol–water partition coefficient (Wildman–Crippen LogP) is 1.81. The maximum Gasteiger partial charge on any atom is 0.127 e. The summed E-state index contributed by atoms with van der Waals surface area (Å²) in [6.07, 6.45) is 2.59. The number of fused-ring (bicyclic) bond motifs is 1. The van der Waals surface area contributed by atoms with Crippen molar-refractivity contribution < 1.29 is 9.50 Å². The van der Waals surface area contributed by atoms with Crippen LogP contribution in [0.15, 0.2) is 18.2 Å². The monoisotopic (exact) mass is 250 g/mol. The summed E-state index contributed by atoms with van der Waals surface area (Å²) in [5, 5.41) is 9.41. The lowest BCUT2D eigenvalue weighted by Crippen LogP contribution is -2.49. The molecular formula is C14H19FN2O. The Morgan fingerprint density at radius 3 is 2.94 bits per heavy atom. The summed E-state index contributed by atoms with van der Waals surface area (Å²) in [6, 6.07) is 5.00. The zero-order valence-corrected chi connectivity index (χ0v) is 10.5. The lowest BCUT2D eigenvalue weighted by atomic mass is 10.1. The first-order chi connectivity index (χ1) is 8.70. The van der Waals surface area contributed by atoms with Gasteiger partial charge in [-0.3, -0.25) is 9.80 Å². The van der Waals surface area contributed by atoms with Gasteiger partial charge in [-0.05, 0) is 37.1 Å². The van der Waals surface area contributed by atoms with E-state index in [0.717, 1.165) is 37.8 Å². The van der Waals surface area contributed by atoms with Crippen molar-refractivity contribution in [3.05, 3.63) is 29.6 Å². The molecule has 1 N–H and O–H groups in total. The highest BCUT2D eigenvalue weighted by molar-refractivity contribution is 5.28. The number of hydrogen-bond acceptors (Lipinski definition) is 3. The van der Waals surface area contributed by atoms with Gasteiger partial charge in [-0.2, -0.15) is 0 Å². The minimum absolute atomic E-state index is 0.0181. The molecule has 2 fully saturated rings. The fourth-order valence-electron chi connectivity index (χ4n) is 3.18. The van der Waals surface area contributed by atoms with E-state index in [0.29, 0.717) is 6.04 Å². The molecule has 0 amide bonds. The zero-order chi connectivity index (χ0) is 12.5. The lowest BCUT2D eigenvalue weighted by molar-refractivity contribution is 0.0992. The van der Waals surface area contributed by atoms with Gasteiger partial charge in [0.05, 0.1) is 0 Å². The van der Waals surface area contributed by atoms with Crippen molar-refractivity contribution >= 4 is 0 Å². The number of nitrogens with zero attached hydrogens (tertiary/aromatic N) is 2. The number of halogens is 1. The summed E-state index contributed by atoms with van der Waals surface area (Å²) in [5.41, 5.74) is 0.860. The van der Waals surface area contributed by atoms with E-state index >= 15 is 0 Å². The number of phenols is 1. The van der Waals surface area contributed by atoms with Crippen LogP contribution in [0.3, 0.4) is 0 Å². The first-order valence-corrected chi connectivity index (χ1v) is 6.65. The Kier molecular flexibility index (Phi) is 3.22. The minimum atomic E-state index is -0.357. The van der Waals surface area contributed by atoms with E-state index in [9.17, 15) is 9.50 Å². The maximum atomic E-state index is 13.2. The summed E-state index contributed by atoms with van der Waals surface area (Å²) in [7, 11) is 0. The van der Waals surface area contributed by atoms with Crippen LogP contribution in [0.5, 0.6) is 5.75 Å². The molecule has 3 nitrogen and oxygen atoms in total. The van der Waals surface area contributed by atoms with Crippen LogP contribution in [0.25, 0.3) is 0 Å². The van der Waals surface area contributed by atoms with E-state index in [1.807, 2.05) is 0 Å². The molecule has 98 valence electrons. The molecule has 2 aliphatic heterocycles. The lowest BCUT2D eigenvalue weighted by Gasteiger charge is -2.37. The van der Waals surface area contributed by atoms with E-state index in [1.54, 1.807) is 6.07 Å². The SMILES string of the molecule is Oc1cc(F)cc(CN2CCN3CCCC3C2)c1. The van der Waals surface area contributed by atoms with Crippen LogP contribution in [0.4, 0.5) is 4.39 Å². The second-order valence-corrected chi connectivity index (χ2v) is 5.38. The molecule has 1 aromatic rings. The van der Waals surface area contributed by atoms with Crippen molar-refractivity contribution in [2.75, 3.05) is 26.2 Å². The third kappa shape index (κ3) is 2.49. The Morgan fingerprint density at radius 1 is 1.22 bits per heavy atom. The van der Waals surface area contributed by atoms with Crippen LogP contribution < -0.4 is 0 Å². The molecule has 0 radical (unpaired) electrons. The molecule has 2 aliphatic rings. The van der Waals surface area contributed by atoms with Gasteiger partial charge in [0.25, 0.3) is 0 Å². The molecule has 0 aromatic heterocycles. The molecule has 2 heterocycles. The number of phenolic OH excluding ortho intramolecular Hbond substituents is 1. The van der Waals surface area contributed by atoms with E-state index in [-0.39, 0.29) is 11.6 Å². The van der Waals surface area contributed by atoms with E-state index in [1.165, 1.54) is 25.5 Å². The van der Waals surface area contributed by atoms with Crippen LogP contribution in [-0.2, 0) is 6.54 Å². The van der Waals surface area contributed by atoms with Gasteiger partial charge in [0.1, 0.15) is 11.6 Å². The fraction of sp³-hybridized carbons (Fsp3) is 0.571. The van der Waals surface area contributed by atoms with Gasteiger partial charge in [-0.15, -0.1) is 0 Å². The third-order valence-electron chi connectivity index (χ3n) is 4.02. The highest BCUT2D eigenvalue weighted by atomic mass is 19.1. The largest absolute Gasteiger partial charge is 0.508 e. The summed E-state index contributed by atoms with van der Waals surface area (Å²) in [4.78, 5) is 4.92.